The van der Waals surface area contributed by atoms with Gasteiger partial charge in [0.05, 0.1) is 6.54 Å². The highest BCUT2D eigenvalue weighted by molar-refractivity contribution is 5.81. The van der Waals surface area contributed by atoms with Gasteiger partial charge in [0.2, 0.25) is 0 Å². The van der Waals surface area contributed by atoms with Crippen LogP contribution in [0.5, 0.6) is 0 Å². The van der Waals surface area contributed by atoms with E-state index in [0.29, 0.717) is 12.1 Å². The summed E-state index contributed by atoms with van der Waals surface area (Å²) in [6.45, 7) is 2.54. The smallest absolute Gasteiger partial charge is 0.128 e. The third-order valence-electron chi connectivity index (χ3n) is 3.69. The van der Waals surface area contributed by atoms with Crippen LogP contribution in [0.3, 0.4) is 0 Å². The lowest BCUT2D eigenvalue weighted by molar-refractivity contribution is 0.602. The van der Waals surface area contributed by atoms with Crippen molar-refractivity contribution in [2.45, 2.75) is 25.9 Å². The maximum absolute atomic E-state index is 13.8. The summed E-state index contributed by atoms with van der Waals surface area (Å²) in [5.74, 6) is -0.161. The molecule has 21 heavy (non-hydrogen) atoms. The Bertz CT molecular complexity index is 759. The van der Waals surface area contributed by atoms with Gasteiger partial charge in [0.15, 0.2) is 0 Å². The van der Waals surface area contributed by atoms with Crippen molar-refractivity contribution in [2.24, 2.45) is 5.73 Å². The predicted molar refractivity (Wildman–Crippen MR) is 84.8 cm³/mol. The maximum Gasteiger partial charge on any atom is 0.128 e. The van der Waals surface area contributed by atoms with E-state index in [-0.39, 0.29) is 11.9 Å². The topological polar surface area (TPSA) is 30.9 Å². The summed E-state index contributed by atoms with van der Waals surface area (Å²) in [5.41, 5.74) is 8.91. The van der Waals surface area contributed by atoms with Crippen LogP contribution in [0.2, 0.25) is 0 Å². The van der Waals surface area contributed by atoms with Crippen LogP contribution in [-0.2, 0) is 13.0 Å². The molecule has 108 valence electrons. The Labute approximate surface area is 124 Å². The molecule has 1 atom stereocenters. The Kier molecular flexibility index (Phi) is 3.76. The van der Waals surface area contributed by atoms with Crippen molar-refractivity contribution in [1.82, 2.24) is 4.57 Å². The molecule has 0 aliphatic carbocycles. The zero-order valence-corrected chi connectivity index (χ0v) is 12.1. The van der Waals surface area contributed by atoms with E-state index in [1.54, 1.807) is 6.07 Å². The Morgan fingerprint density at radius 2 is 1.95 bits per heavy atom. The summed E-state index contributed by atoms with van der Waals surface area (Å²) >= 11 is 0. The Morgan fingerprint density at radius 1 is 1.14 bits per heavy atom. The number of hydrogen-bond acceptors (Lipinski definition) is 1. The molecule has 2 N–H and O–H groups in total. The zero-order chi connectivity index (χ0) is 14.8. The van der Waals surface area contributed by atoms with Crippen molar-refractivity contribution in [3.05, 3.63) is 71.7 Å². The average Bonchev–Trinajstić information content (AvgIpc) is 2.83. The van der Waals surface area contributed by atoms with Crippen LogP contribution in [0, 0.1) is 5.82 Å². The summed E-state index contributed by atoms with van der Waals surface area (Å²) in [7, 11) is 0. The number of halogens is 1. The van der Waals surface area contributed by atoms with Gasteiger partial charge in [-0.1, -0.05) is 30.3 Å². The molecule has 1 unspecified atom stereocenters. The van der Waals surface area contributed by atoms with Crippen molar-refractivity contribution >= 4 is 10.9 Å². The molecule has 3 rings (SSSR count). The molecule has 0 fully saturated rings. The molecule has 3 aromatic rings. The second-order valence-corrected chi connectivity index (χ2v) is 5.61. The van der Waals surface area contributed by atoms with E-state index < -0.39 is 0 Å². The first kappa shape index (κ1) is 13.8. The fourth-order valence-corrected chi connectivity index (χ4v) is 2.68. The van der Waals surface area contributed by atoms with Gasteiger partial charge >= 0.3 is 0 Å². The third kappa shape index (κ3) is 2.98. The second-order valence-electron chi connectivity index (χ2n) is 5.61. The van der Waals surface area contributed by atoms with E-state index in [4.69, 9.17) is 5.73 Å². The minimum Gasteiger partial charge on any atom is -0.343 e. The summed E-state index contributed by atoms with van der Waals surface area (Å²) < 4.78 is 15.9. The number of benzene rings is 2. The normalized spacial score (nSPS) is 12.7. The summed E-state index contributed by atoms with van der Waals surface area (Å²) in [6, 6.07) is 15.5. The molecular weight excluding hydrogens is 263 g/mol. The molecule has 1 aromatic heterocycles. The van der Waals surface area contributed by atoms with Crippen molar-refractivity contribution in [1.29, 1.82) is 0 Å². The lowest BCUT2D eigenvalue weighted by atomic mass is 10.1. The van der Waals surface area contributed by atoms with Gasteiger partial charge in [-0.3, -0.25) is 0 Å². The lowest BCUT2D eigenvalue weighted by Gasteiger charge is -2.09. The number of hydrogen-bond donors (Lipinski definition) is 1. The van der Waals surface area contributed by atoms with Crippen LogP contribution >= 0.6 is 0 Å². The van der Waals surface area contributed by atoms with E-state index in [1.807, 2.05) is 25.3 Å². The Balaban J connectivity index is 1.97. The monoisotopic (exact) mass is 282 g/mol. The Hall–Kier alpha value is -2.13. The highest BCUT2D eigenvalue weighted by Gasteiger charge is 2.07. The summed E-state index contributed by atoms with van der Waals surface area (Å²) in [4.78, 5) is 0. The Morgan fingerprint density at radius 3 is 2.71 bits per heavy atom. The third-order valence-corrected chi connectivity index (χ3v) is 3.69. The van der Waals surface area contributed by atoms with Gasteiger partial charge in [-0.2, -0.15) is 0 Å². The van der Waals surface area contributed by atoms with Crippen LogP contribution < -0.4 is 5.73 Å². The predicted octanol–water partition coefficient (Wildman–Crippen LogP) is 3.72. The van der Waals surface area contributed by atoms with Crippen LogP contribution in [-0.4, -0.2) is 10.6 Å². The minimum absolute atomic E-state index is 0.137. The SMILES string of the molecule is CC(N)Cc1ccc2ccn(Cc3ccccc3F)c2c1. The van der Waals surface area contributed by atoms with Gasteiger partial charge in [-0.05, 0) is 42.5 Å². The number of nitrogens with zero attached hydrogens (tertiary/aromatic N) is 1. The number of fused-ring (bicyclic) bond motifs is 1. The lowest BCUT2D eigenvalue weighted by Crippen LogP contribution is -2.17. The minimum atomic E-state index is -0.161. The first-order valence-electron chi connectivity index (χ1n) is 7.20. The van der Waals surface area contributed by atoms with Crippen LogP contribution in [0.15, 0.2) is 54.7 Å². The van der Waals surface area contributed by atoms with Crippen molar-refractivity contribution < 1.29 is 4.39 Å². The average molecular weight is 282 g/mol. The zero-order valence-electron chi connectivity index (χ0n) is 12.1. The molecule has 0 saturated carbocycles. The summed E-state index contributed by atoms with van der Waals surface area (Å²) in [5, 5.41) is 1.17. The van der Waals surface area contributed by atoms with Gasteiger partial charge in [-0.25, -0.2) is 4.39 Å². The molecule has 2 nitrogen and oxygen atoms in total. The van der Waals surface area contributed by atoms with Gasteiger partial charge in [0.1, 0.15) is 5.82 Å². The number of aromatic nitrogens is 1. The molecule has 0 spiro atoms. The van der Waals surface area contributed by atoms with Crippen molar-refractivity contribution in [3.8, 4) is 0 Å². The maximum atomic E-state index is 13.8. The molecule has 3 heteroatoms. The van der Waals surface area contributed by atoms with Gasteiger partial charge in [0, 0.05) is 23.3 Å². The standard InChI is InChI=1S/C18H19FN2/c1-13(20)10-14-6-7-15-8-9-21(18(15)11-14)12-16-4-2-3-5-17(16)19/h2-9,11,13H,10,12,20H2,1H3. The van der Waals surface area contributed by atoms with Crippen LogP contribution in [0.4, 0.5) is 4.39 Å². The van der Waals surface area contributed by atoms with Crippen LogP contribution in [0.25, 0.3) is 10.9 Å². The second kappa shape index (κ2) is 5.70. The molecule has 0 aliphatic heterocycles. The van der Waals surface area contributed by atoms with Crippen molar-refractivity contribution in [2.75, 3.05) is 0 Å². The fraction of sp³-hybridized carbons (Fsp3) is 0.222. The van der Waals surface area contributed by atoms with Gasteiger partial charge in [0.25, 0.3) is 0 Å². The van der Waals surface area contributed by atoms with E-state index in [9.17, 15) is 4.39 Å². The van der Waals surface area contributed by atoms with E-state index in [1.165, 1.54) is 17.0 Å². The summed E-state index contributed by atoms with van der Waals surface area (Å²) in [6.07, 6.45) is 2.85. The van der Waals surface area contributed by atoms with Crippen molar-refractivity contribution in [3.63, 3.8) is 0 Å². The number of rotatable bonds is 4. The molecule has 0 bridgehead atoms. The molecule has 2 aromatic carbocycles. The number of nitrogens with two attached hydrogens (primary N) is 1. The van der Waals surface area contributed by atoms with Gasteiger partial charge in [-0.15, -0.1) is 0 Å². The molecule has 0 amide bonds. The first-order chi connectivity index (χ1) is 10.1. The van der Waals surface area contributed by atoms with Gasteiger partial charge < -0.3 is 10.3 Å². The molecule has 0 saturated heterocycles. The fourth-order valence-electron chi connectivity index (χ4n) is 2.68. The van der Waals surface area contributed by atoms with E-state index in [0.717, 1.165) is 11.9 Å². The molecule has 0 aliphatic rings. The quantitative estimate of drug-likeness (QED) is 0.777. The van der Waals surface area contributed by atoms with E-state index in [2.05, 4.69) is 28.8 Å². The highest BCUT2D eigenvalue weighted by Crippen LogP contribution is 2.20. The molecular formula is C18H19FN2. The molecule has 0 radical (unpaired) electrons. The van der Waals surface area contributed by atoms with Crippen LogP contribution in [0.1, 0.15) is 18.1 Å². The first-order valence-corrected chi connectivity index (χ1v) is 7.20. The van der Waals surface area contributed by atoms with E-state index >= 15 is 0 Å². The largest absolute Gasteiger partial charge is 0.343 e. The molecule has 1 heterocycles. The highest BCUT2D eigenvalue weighted by atomic mass is 19.1.